The highest BCUT2D eigenvalue weighted by atomic mass is 79.9. The zero-order valence-corrected chi connectivity index (χ0v) is 12.4. The Kier molecular flexibility index (Phi) is 3.85. The molecule has 2 rings (SSSR count). The van der Waals surface area contributed by atoms with Gasteiger partial charge in [0, 0.05) is 10.0 Å². The maximum Gasteiger partial charge on any atom is 0.252 e. The van der Waals surface area contributed by atoms with Gasteiger partial charge in [0.05, 0.1) is 24.0 Å². The molecule has 0 spiro atoms. The highest BCUT2D eigenvalue weighted by molar-refractivity contribution is 9.10. The first kappa shape index (κ1) is 14.2. The number of primary amides is 1. The molecule has 0 fully saturated rings. The first-order valence-electron chi connectivity index (χ1n) is 5.77. The van der Waals surface area contributed by atoms with E-state index >= 15 is 0 Å². The summed E-state index contributed by atoms with van der Waals surface area (Å²) in [7, 11) is 1.46. The summed E-state index contributed by atoms with van der Waals surface area (Å²) < 4.78 is 6.24. The maximum atomic E-state index is 11.5. The average molecular weight is 336 g/mol. The van der Waals surface area contributed by atoms with E-state index in [0.29, 0.717) is 17.0 Å². The molecular weight excluding hydrogens is 322 g/mol. The second kappa shape index (κ2) is 5.42. The second-order valence-corrected chi connectivity index (χ2v) is 5.12. The monoisotopic (exact) mass is 335 g/mol. The third kappa shape index (κ3) is 2.42. The normalized spacial score (nSPS) is 10.3. The van der Waals surface area contributed by atoms with Crippen LogP contribution in [0.2, 0.25) is 0 Å². The molecule has 0 heterocycles. The Morgan fingerprint density at radius 1 is 1.20 bits per heavy atom. The van der Waals surface area contributed by atoms with Crippen LogP contribution in [0.25, 0.3) is 11.1 Å². The van der Waals surface area contributed by atoms with Crippen LogP contribution in [0.5, 0.6) is 5.75 Å². The van der Waals surface area contributed by atoms with Gasteiger partial charge in [-0.25, -0.2) is 0 Å². The molecule has 0 aliphatic carbocycles. The van der Waals surface area contributed by atoms with Crippen LogP contribution < -0.4 is 21.9 Å². The summed E-state index contributed by atoms with van der Waals surface area (Å²) in [6, 6.07) is 8.85. The van der Waals surface area contributed by atoms with Crippen LogP contribution in [0, 0.1) is 0 Å². The van der Waals surface area contributed by atoms with Gasteiger partial charge < -0.3 is 21.9 Å². The van der Waals surface area contributed by atoms with Gasteiger partial charge in [0.2, 0.25) is 0 Å². The fourth-order valence-electron chi connectivity index (χ4n) is 2.00. The number of benzene rings is 2. The second-order valence-electron chi connectivity index (χ2n) is 4.21. The standard InChI is InChI=1S/C14H14BrN3O2/c1-20-13-9(14(18)19)6-10(16)12(17)11(13)7-2-4-8(15)5-3-7/h2-6H,16-17H2,1H3,(H2,18,19). The molecule has 0 bridgehead atoms. The molecule has 5 nitrogen and oxygen atoms in total. The van der Waals surface area contributed by atoms with Crippen molar-refractivity contribution in [3.05, 3.63) is 40.4 Å². The van der Waals surface area contributed by atoms with Gasteiger partial charge in [-0.3, -0.25) is 4.79 Å². The molecule has 2 aromatic rings. The van der Waals surface area contributed by atoms with Gasteiger partial charge in [-0.05, 0) is 23.8 Å². The summed E-state index contributed by atoms with van der Waals surface area (Å²) in [4.78, 5) is 11.5. The predicted octanol–water partition coefficient (Wildman–Crippen LogP) is 2.39. The number of halogens is 1. The third-order valence-corrected chi connectivity index (χ3v) is 3.48. The SMILES string of the molecule is COc1c(C(N)=O)cc(N)c(N)c1-c1ccc(Br)cc1. The zero-order chi connectivity index (χ0) is 14.9. The van der Waals surface area contributed by atoms with E-state index in [1.54, 1.807) is 0 Å². The van der Waals surface area contributed by atoms with Gasteiger partial charge in [-0.15, -0.1) is 0 Å². The molecule has 0 saturated heterocycles. The molecule has 6 N–H and O–H groups in total. The molecule has 6 heteroatoms. The van der Waals surface area contributed by atoms with E-state index in [1.165, 1.54) is 13.2 Å². The Hall–Kier alpha value is -2.21. The van der Waals surface area contributed by atoms with E-state index < -0.39 is 5.91 Å². The van der Waals surface area contributed by atoms with Crippen molar-refractivity contribution in [3.8, 4) is 16.9 Å². The average Bonchev–Trinajstić information content (AvgIpc) is 2.42. The third-order valence-electron chi connectivity index (χ3n) is 2.95. The highest BCUT2D eigenvalue weighted by Gasteiger charge is 2.20. The number of carbonyl (C=O) groups excluding carboxylic acids is 1. The van der Waals surface area contributed by atoms with Gasteiger partial charge >= 0.3 is 0 Å². The predicted molar refractivity (Wildman–Crippen MR) is 83.5 cm³/mol. The number of methoxy groups -OCH3 is 1. The van der Waals surface area contributed by atoms with E-state index in [-0.39, 0.29) is 11.3 Å². The number of ether oxygens (including phenoxy) is 1. The number of anilines is 2. The molecular formula is C14H14BrN3O2. The molecule has 0 atom stereocenters. The van der Waals surface area contributed by atoms with Crippen LogP contribution in [0.3, 0.4) is 0 Å². The summed E-state index contributed by atoms with van der Waals surface area (Å²) in [5.41, 5.74) is 19.4. The van der Waals surface area contributed by atoms with Crippen molar-refractivity contribution in [3.63, 3.8) is 0 Å². The number of rotatable bonds is 3. The van der Waals surface area contributed by atoms with Crippen molar-refractivity contribution < 1.29 is 9.53 Å². The first-order valence-corrected chi connectivity index (χ1v) is 6.56. The Bertz CT molecular complexity index is 669. The Morgan fingerprint density at radius 3 is 2.30 bits per heavy atom. The molecule has 0 radical (unpaired) electrons. The Morgan fingerprint density at radius 2 is 1.80 bits per heavy atom. The number of nitrogens with two attached hydrogens (primary N) is 3. The number of carbonyl (C=O) groups is 1. The molecule has 0 aromatic heterocycles. The van der Waals surface area contributed by atoms with Crippen molar-refractivity contribution in [2.75, 3.05) is 18.6 Å². The number of nitrogen functional groups attached to an aromatic ring is 2. The van der Waals surface area contributed by atoms with Crippen LogP contribution in [0.1, 0.15) is 10.4 Å². The molecule has 0 aliphatic rings. The van der Waals surface area contributed by atoms with Crippen LogP contribution in [0.4, 0.5) is 11.4 Å². The van der Waals surface area contributed by atoms with Gasteiger partial charge in [0.15, 0.2) is 0 Å². The van der Waals surface area contributed by atoms with Crippen molar-refractivity contribution in [2.24, 2.45) is 5.73 Å². The van der Waals surface area contributed by atoms with E-state index in [9.17, 15) is 4.79 Å². The summed E-state index contributed by atoms with van der Waals surface area (Å²) in [6.45, 7) is 0. The van der Waals surface area contributed by atoms with Crippen molar-refractivity contribution >= 4 is 33.2 Å². The highest BCUT2D eigenvalue weighted by Crippen LogP contribution is 2.41. The summed E-state index contributed by atoms with van der Waals surface area (Å²) >= 11 is 3.36. The van der Waals surface area contributed by atoms with Crippen LogP contribution in [-0.2, 0) is 0 Å². The van der Waals surface area contributed by atoms with Gasteiger partial charge in [0.25, 0.3) is 5.91 Å². The summed E-state index contributed by atoms with van der Waals surface area (Å²) in [6.07, 6.45) is 0. The smallest absolute Gasteiger partial charge is 0.252 e. The number of hydrogen-bond acceptors (Lipinski definition) is 4. The number of amides is 1. The lowest BCUT2D eigenvalue weighted by atomic mass is 9.97. The van der Waals surface area contributed by atoms with Crippen molar-refractivity contribution in [1.29, 1.82) is 0 Å². The van der Waals surface area contributed by atoms with E-state index in [0.717, 1.165) is 10.0 Å². The fraction of sp³-hybridized carbons (Fsp3) is 0.0714. The summed E-state index contributed by atoms with van der Waals surface area (Å²) in [5.74, 6) is -0.293. The minimum Gasteiger partial charge on any atom is -0.495 e. The first-order chi connectivity index (χ1) is 9.45. The van der Waals surface area contributed by atoms with Gasteiger partial charge in [-0.1, -0.05) is 28.1 Å². The summed E-state index contributed by atoms with van der Waals surface area (Å²) in [5, 5.41) is 0. The Balaban J connectivity index is 2.79. The van der Waals surface area contributed by atoms with E-state index in [2.05, 4.69) is 15.9 Å². The van der Waals surface area contributed by atoms with Crippen molar-refractivity contribution in [1.82, 2.24) is 0 Å². The molecule has 2 aromatic carbocycles. The lowest BCUT2D eigenvalue weighted by molar-refractivity contribution is 0.0997. The van der Waals surface area contributed by atoms with E-state index in [4.69, 9.17) is 21.9 Å². The topological polar surface area (TPSA) is 104 Å². The Labute approximate surface area is 124 Å². The lowest BCUT2D eigenvalue weighted by Crippen LogP contribution is -2.14. The molecule has 104 valence electrons. The minimum absolute atomic E-state index is 0.206. The van der Waals surface area contributed by atoms with Crippen LogP contribution in [-0.4, -0.2) is 13.0 Å². The molecule has 20 heavy (non-hydrogen) atoms. The van der Waals surface area contributed by atoms with Crippen molar-refractivity contribution in [2.45, 2.75) is 0 Å². The largest absolute Gasteiger partial charge is 0.495 e. The quantitative estimate of drug-likeness (QED) is 0.749. The van der Waals surface area contributed by atoms with Crippen LogP contribution >= 0.6 is 15.9 Å². The minimum atomic E-state index is -0.619. The van der Waals surface area contributed by atoms with Crippen LogP contribution in [0.15, 0.2) is 34.8 Å². The molecule has 0 aliphatic heterocycles. The lowest BCUT2D eigenvalue weighted by Gasteiger charge is -2.16. The number of hydrogen-bond donors (Lipinski definition) is 3. The molecule has 0 unspecified atom stereocenters. The van der Waals surface area contributed by atoms with Gasteiger partial charge in [-0.2, -0.15) is 0 Å². The fourth-order valence-corrected chi connectivity index (χ4v) is 2.26. The maximum absolute atomic E-state index is 11.5. The van der Waals surface area contributed by atoms with E-state index in [1.807, 2.05) is 24.3 Å². The van der Waals surface area contributed by atoms with Gasteiger partial charge in [0.1, 0.15) is 5.75 Å². The zero-order valence-electron chi connectivity index (χ0n) is 10.8. The molecule has 0 saturated carbocycles. The molecule has 1 amide bonds.